The van der Waals surface area contributed by atoms with E-state index in [1.807, 2.05) is 6.20 Å². The van der Waals surface area contributed by atoms with E-state index in [1.54, 1.807) is 4.68 Å². The summed E-state index contributed by atoms with van der Waals surface area (Å²) in [5.41, 5.74) is 2.47. The number of aromatic carboxylic acids is 1. The van der Waals surface area contributed by atoms with Crippen molar-refractivity contribution in [1.82, 2.24) is 24.9 Å². The summed E-state index contributed by atoms with van der Waals surface area (Å²) in [6.45, 7) is 2.77. The number of carbonyl (C=O) groups is 1. The molecule has 0 radical (unpaired) electrons. The van der Waals surface area contributed by atoms with Crippen LogP contribution < -0.4 is 0 Å². The van der Waals surface area contributed by atoms with E-state index in [0.29, 0.717) is 5.92 Å². The minimum Gasteiger partial charge on any atom is -0.476 e. The molecular weight excluding hydrogens is 318 g/mol. The van der Waals surface area contributed by atoms with Crippen LogP contribution in [-0.2, 0) is 6.54 Å². The molecule has 7 nitrogen and oxygen atoms in total. The van der Waals surface area contributed by atoms with Gasteiger partial charge in [0, 0.05) is 30.9 Å². The van der Waals surface area contributed by atoms with Gasteiger partial charge in [-0.15, -0.1) is 5.10 Å². The number of carboxylic acids is 1. The third-order valence-electron chi connectivity index (χ3n) is 5.36. The number of hydrogen-bond donors (Lipinski definition) is 1. The minimum atomic E-state index is -1.03. The predicted octanol–water partition coefficient (Wildman–Crippen LogP) is 2.48. The van der Waals surface area contributed by atoms with E-state index in [1.165, 1.54) is 36.7 Å². The van der Waals surface area contributed by atoms with Crippen LogP contribution in [-0.4, -0.2) is 49.0 Å². The Morgan fingerprint density at radius 2 is 2.12 bits per heavy atom. The SMILES string of the molecule is O=C(O)c1cn(C2CCCN(Cc3ccc(C4CCC4)nc3)C2)nn1. The second-order valence-electron chi connectivity index (χ2n) is 7.14. The van der Waals surface area contributed by atoms with Crippen molar-refractivity contribution in [2.75, 3.05) is 13.1 Å². The Morgan fingerprint density at radius 3 is 2.76 bits per heavy atom. The fourth-order valence-corrected chi connectivity index (χ4v) is 3.68. The van der Waals surface area contributed by atoms with Gasteiger partial charge in [0.25, 0.3) is 0 Å². The normalized spacial score (nSPS) is 21.8. The maximum Gasteiger partial charge on any atom is 0.358 e. The number of piperidine rings is 1. The molecule has 0 bridgehead atoms. The third kappa shape index (κ3) is 3.56. The topological polar surface area (TPSA) is 84.1 Å². The van der Waals surface area contributed by atoms with Crippen LogP contribution >= 0.6 is 0 Å². The van der Waals surface area contributed by atoms with Crippen LogP contribution in [0.4, 0.5) is 0 Å². The van der Waals surface area contributed by atoms with Crippen LogP contribution in [0.2, 0.25) is 0 Å². The van der Waals surface area contributed by atoms with Crippen LogP contribution in [0.5, 0.6) is 0 Å². The first-order chi connectivity index (χ1) is 12.2. The molecule has 1 N–H and O–H groups in total. The second-order valence-corrected chi connectivity index (χ2v) is 7.14. The van der Waals surface area contributed by atoms with Crippen molar-refractivity contribution in [3.8, 4) is 0 Å². The van der Waals surface area contributed by atoms with Gasteiger partial charge in [-0.25, -0.2) is 9.48 Å². The highest BCUT2D eigenvalue weighted by molar-refractivity contribution is 5.84. The molecule has 2 aromatic rings. The molecule has 0 amide bonds. The predicted molar refractivity (Wildman–Crippen MR) is 91.4 cm³/mol. The van der Waals surface area contributed by atoms with Gasteiger partial charge in [0.1, 0.15) is 0 Å². The van der Waals surface area contributed by atoms with Gasteiger partial charge in [-0.05, 0) is 43.9 Å². The van der Waals surface area contributed by atoms with Gasteiger partial charge in [-0.2, -0.15) is 0 Å². The average molecular weight is 341 g/mol. The summed E-state index contributed by atoms with van der Waals surface area (Å²) in [6, 6.07) is 4.55. The van der Waals surface area contributed by atoms with Gasteiger partial charge in [-0.3, -0.25) is 9.88 Å². The molecule has 1 saturated heterocycles. The Balaban J connectivity index is 1.38. The van der Waals surface area contributed by atoms with Gasteiger partial charge >= 0.3 is 5.97 Å². The highest BCUT2D eigenvalue weighted by Gasteiger charge is 2.24. The monoisotopic (exact) mass is 341 g/mol. The van der Waals surface area contributed by atoms with Crippen molar-refractivity contribution in [2.24, 2.45) is 0 Å². The number of rotatable bonds is 5. The van der Waals surface area contributed by atoms with Gasteiger partial charge in [0.2, 0.25) is 0 Å². The Bertz CT molecular complexity index is 738. The summed E-state index contributed by atoms with van der Waals surface area (Å²) in [5.74, 6) is -0.360. The molecule has 7 heteroatoms. The lowest BCUT2D eigenvalue weighted by Gasteiger charge is -2.32. The van der Waals surface area contributed by atoms with Crippen molar-refractivity contribution < 1.29 is 9.90 Å². The fraction of sp³-hybridized carbons (Fsp3) is 0.556. The molecule has 2 aromatic heterocycles. The van der Waals surface area contributed by atoms with Crippen molar-refractivity contribution in [3.05, 3.63) is 41.5 Å². The Hall–Kier alpha value is -2.28. The summed E-state index contributed by atoms with van der Waals surface area (Å²) in [5, 5.41) is 16.7. The van der Waals surface area contributed by atoms with E-state index >= 15 is 0 Å². The molecule has 4 rings (SSSR count). The number of hydrogen-bond acceptors (Lipinski definition) is 5. The quantitative estimate of drug-likeness (QED) is 0.899. The standard InChI is InChI=1S/C18H23N5O2/c24-18(25)17-12-23(21-20-17)15-5-2-8-22(11-15)10-13-6-7-16(19-9-13)14-3-1-4-14/h6-7,9,12,14-15H,1-5,8,10-11H2,(H,24,25). The molecular formula is C18H23N5O2. The number of aromatic nitrogens is 4. The third-order valence-corrected chi connectivity index (χ3v) is 5.36. The summed E-state index contributed by atoms with van der Waals surface area (Å²) >= 11 is 0. The van der Waals surface area contributed by atoms with E-state index in [0.717, 1.165) is 32.5 Å². The Labute approximate surface area is 146 Å². The lowest BCUT2D eigenvalue weighted by Crippen LogP contribution is -2.36. The molecule has 1 aliphatic heterocycles. The average Bonchev–Trinajstić information content (AvgIpc) is 3.06. The van der Waals surface area contributed by atoms with E-state index in [2.05, 4.69) is 32.3 Å². The zero-order valence-electron chi connectivity index (χ0n) is 14.2. The highest BCUT2D eigenvalue weighted by Crippen LogP contribution is 2.35. The van der Waals surface area contributed by atoms with Crippen molar-refractivity contribution in [2.45, 2.75) is 50.6 Å². The fourth-order valence-electron chi connectivity index (χ4n) is 3.68. The number of carboxylic acid groups (broad SMARTS) is 1. The Kier molecular flexibility index (Phi) is 4.48. The van der Waals surface area contributed by atoms with Crippen molar-refractivity contribution in [1.29, 1.82) is 0 Å². The lowest BCUT2D eigenvalue weighted by molar-refractivity contribution is 0.0690. The zero-order valence-corrected chi connectivity index (χ0v) is 14.2. The van der Waals surface area contributed by atoms with E-state index < -0.39 is 5.97 Å². The summed E-state index contributed by atoms with van der Waals surface area (Å²) in [7, 11) is 0. The van der Waals surface area contributed by atoms with Crippen LogP contribution in [0, 0.1) is 0 Å². The van der Waals surface area contributed by atoms with Crippen LogP contribution in [0.15, 0.2) is 24.5 Å². The van der Waals surface area contributed by atoms with E-state index in [-0.39, 0.29) is 11.7 Å². The smallest absolute Gasteiger partial charge is 0.358 e. The van der Waals surface area contributed by atoms with E-state index in [9.17, 15) is 4.79 Å². The molecule has 132 valence electrons. The summed E-state index contributed by atoms with van der Waals surface area (Å²) in [6.07, 6.45) is 9.49. The molecule has 1 unspecified atom stereocenters. The molecule has 2 aliphatic rings. The maximum atomic E-state index is 11.0. The van der Waals surface area contributed by atoms with Gasteiger partial charge < -0.3 is 5.11 Å². The van der Waals surface area contributed by atoms with Gasteiger partial charge in [0.15, 0.2) is 5.69 Å². The van der Waals surface area contributed by atoms with Gasteiger partial charge in [-0.1, -0.05) is 17.7 Å². The first kappa shape index (κ1) is 16.2. The summed E-state index contributed by atoms with van der Waals surface area (Å²) in [4.78, 5) is 18.0. The van der Waals surface area contributed by atoms with E-state index in [4.69, 9.17) is 5.11 Å². The zero-order chi connectivity index (χ0) is 17.2. The number of likely N-dealkylation sites (tertiary alicyclic amines) is 1. The largest absolute Gasteiger partial charge is 0.476 e. The summed E-state index contributed by atoms with van der Waals surface area (Å²) < 4.78 is 1.70. The molecule has 0 spiro atoms. The molecule has 1 atom stereocenters. The minimum absolute atomic E-state index is 0.00732. The lowest BCUT2D eigenvalue weighted by atomic mass is 9.82. The maximum absolute atomic E-state index is 11.0. The first-order valence-electron chi connectivity index (χ1n) is 9.01. The highest BCUT2D eigenvalue weighted by atomic mass is 16.4. The van der Waals surface area contributed by atoms with Gasteiger partial charge in [0.05, 0.1) is 12.2 Å². The molecule has 25 heavy (non-hydrogen) atoms. The molecule has 3 heterocycles. The second kappa shape index (κ2) is 6.92. The molecule has 1 saturated carbocycles. The first-order valence-corrected chi connectivity index (χ1v) is 9.01. The van der Waals surface area contributed by atoms with Crippen molar-refractivity contribution >= 4 is 5.97 Å². The van der Waals surface area contributed by atoms with Crippen molar-refractivity contribution in [3.63, 3.8) is 0 Å². The number of pyridine rings is 1. The number of nitrogens with zero attached hydrogens (tertiary/aromatic N) is 5. The van der Waals surface area contributed by atoms with Crippen LogP contribution in [0.3, 0.4) is 0 Å². The van der Waals surface area contributed by atoms with Crippen LogP contribution in [0.25, 0.3) is 0 Å². The van der Waals surface area contributed by atoms with Crippen LogP contribution in [0.1, 0.15) is 65.8 Å². The molecule has 0 aromatic carbocycles. The Morgan fingerprint density at radius 1 is 1.24 bits per heavy atom. The molecule has 2 fully saturated rings. The molecule has 1 aliphatic carbocycles.